The van der Waals surface area contributed by atoms with Crippen LogP contribution in [0, 0.1) is 5.82 Å². The van der Waals surface area contributed by atoms with Crippen LogP contribution in [-0.2, 0) is 0 Å². The van der Waals surface area contributed by atoms with Gasteiger partial charge in [0.15, 0.2) is 11.6 Å². The minimum absolute atomic E-state index is 0.196. The molecule has 0 atom stereocenters. The fourth-order valence-electron chi connectivity index (χ4n) is 1.05. The normalized spacial score (nSPS) is 9.93. The predicted molar refractivity (Wildman–Crippen MR) is 52.9 cm³/mol. The lowest BCUT2D eigenvalue weighted by Gasteiger charge is -2.05. The van der Waals surface area contributed by atoms with E-state index in [4.69, 9.17) is 10.5 Å². The summed E-state index contributed by atoms with van der Waals surface area (Å²) >= 11 is 0. The molecule has 76 valence electrons. The Balaban J connectivity index is 2.22. The number of rotatable bonds is 2. The Kier molecular flexibility index (Phi) is 2.45. The molecule has 0 spiro atoms. The molecule has 1 aromatic carbocycles. The van der Waals surface area contributed by atoms with E-state index in [2.05, 4.69) is 10.2 Å². The second kappa shape index (κ2) is 3.91. The Morgan fingerprint density at radius 2 is 1.87 bits per heavy atom. The number of ether oxygens (including phenoxy) is 1. The molecular formula is C10H8FN3O. The van der Waals surface area contributed by atoms with E-state index in [9.17, 15) is 4.39 Å². The maximum Gasteiger partial charge on any atom is 0.189 e. The first-order chi connectivity index (χ1) is 7.25. The molecule has 0 radical (unpaired) electrons. The lowest BCUT2D eigenvalue weighted by molar-refractivity contribution is 0.479. The summed E-state index contributed by atoms with van der Waals surface area (Å²) in [6.45, 7) is 0. The van der Waals surface area contributed by atoms with Gasteiger partial charge in [0.2, 0.25) is 0 Å². The summed E-state index contributed by atoms with van der Waals surface area (Å²) in [5.41, 5.74) is 5.53. The van der Waals surface area contributed by atoms with Gasteiger partial charge in [-0.25, -0.2) is 4.39 Å². The molecule has 2 N–H and O–H groups in total. The zero-order valence-corrected chi connectivity index (χ0v) is 7.72. The molecule has 1 heterocycles. The third-order valence-corrected chi connectivity index (χ3v) is 1.75. The van der Waals surface area contributed by atoms with Crippen molar-refractivity contribution in [1.29, 1.82) is 0 Å². The van der Waals surface area contributed by atoms with Gasteiger partial charge in [0.25, 0.3) is 0 Å². The van der Waals surface area contributed by atoms with Crippen molar-refractivity contribution in [2.24, 2.45) is 0 Å². The third-order valence-electron chi connectivity index (χ3n) is 1.75. The number of halogens is 1. The van der Waals surface area contributed by atoms with Crippen LogP contribution in [-0.4, -0.2) is 10.2 Å². The SMILES string of the molecule is Nc1nnccc1Oc1ccc(F)cc1. The summed E-state index contributed by atoms with van der Waals surface area (Å²) in [5.74, 6) is 0.776. The van der Waals surface area contributed by atoms with E-state index in [1.54, 1.807) is 6.07 Å². The van der Waals surface area contributed by atoms with Crippen LogP contribution in [0.4, 0.5) is 10.2 Å². The highest BCUT2D eigenvalue weighted by molar-refractivity contribution is 5.45. The predicted octanol–water partition coefficient (Wildman–Crippen LogP) is 1.99. The first-order valence-electron chi connectivity index (χ1n) is 4.26. The second-order valence-electron chi connectivity index (χ2n) is 2.84. The molecule has 15 heavy (non-hydrogen) atoms. The van der Waals surface area contributed by atoms with Crippen LogP contribution < -0.4 is 10.5 Å². The number of anilines is 1. The van der Waals surface area contributed by atoms with Crippen molar-refractivity contribution in [1.82, 2.24) is 10.2 Å². The quantitative estimate of drug-likeness (QED) is 0.814. The van der Waals surface area contributed by atoms with Gasteiger partial charge < -0.3 is 10.5 Å². The topological polar surface area (TPSA) is 61.0 Å². The molecule has 0 aliphatic rings. The fraction of sp³-hybridized carbons (Fsp3) is 0. The molecule has 0 bridgehead atoms. The van der Waals surface area contributed by atoms with Crippen molar-refractivity contribution >= 4 is 5.82 Å². The van der Waals surface area contributed by atoms with Gasteiger partial charge in [0.1, 0.15) is 11.6 Å². The molecule has 0 aliphatic carbocycles. The molecule has 0 amide bonds. The molecule has 0 saturated carbocycles. The smallest absolute Gasteiger partial charge is 0.189 e. The summed E-state index contributed by atoms with van der Waals surface area (Å²) in [6.07, 6.45) is 1.47. The van der Waals surface area contributed by atoms with Gasteiger partial charge in [-0.15, -0.1) is 5.10 Å². The van der Waals surface area contributed by atoms with Crippen molar-refractivity contribution in [2.75, 3.05) is 5.73 Å². The average Bonchev–Trinajstić information content (AvgIpc) is 2.25. The van der Waals surface area contributed by atoms with E-state index in [-0.39, 0.29) is 11.6 Å². The summed E-state index contributed by atoms with van der Waals surface area (Å²) in [4.78, 5) is 0. The molecule has 4 nitrogen and oxygen atoms in total. The summed E-state index contributed by atoms with van der Waals surface area (Å²) in [7, 11) is 0. The van der Waals surface area contributed by atoms with Gasteiger partial charge >= 0.3 is 0 Å². The Labute approximate surface area is 85.5 Å². The largest absolute Gasteiger partial charge is 0.453 e. The first kappa shape index (κ1) is 9.39. The van der Waals surface area contributed by atoms with Crippen LogP contribution in [0.3, 0.4) is 0 Å². The molecule has 0 aliphatic heterocycles. The number of aromatic nitrogens is 2. The van der Waals surface area contributed by atoms with E-state index in [0.717, 1.165) is 0 Å². The molecule has 2 rings (SSSR count). The fourth-order valence-corrected chi connectivity index (χ4v) is 1.05. The summed E-state index contributed by atoms with van der Waals surface area (Å²) in [5, 5.41) is 7.21. The van der Waals surface area contributed by atoms with E-state index >= 15 is 0 Å². The maximum absolute atomic E-state index is 12.6. The van der Waals surface area contributed by atoms with Crippen LogP contribution >= 0.6 is 0 Å². The summed E-state index contributed by atoms with van der Waals surface area (Å²) in [6, 6.07) is 7.22. The van der Waals surface area contributed by atoms with Gasteiger partial charge in [0.05, 0.1) is 6.20 Å². The van der Waals surface area contributed by atoms with Gasteiger partial charge in [-0.05, 0) is 24.3 Å². The highest BCUT2D eigenvalue weighted by atomic mass is 19.1. The average molecular weight is 205 g/mol. The number of hydrogen-bond donors (Lipinski definition) is 1. The van der Waals surface area contributed by atoms with Crippen LogP contribution in [0.15, 0.2) is 36.5 Å². The van der Waals surface area contributed by atoms with Gasteiger partial charge in [-0.3, -0.25) is 0 Å². The molecule has 0 fully saturated rings. The van der Waals surface area contributed by atoms with Crippen LogP contribution in [0.5, 0.6) is 11.5 Å². The molecule has 0 unspecified atom stereocenters. The molecule has 1 aromatic heterocycles. The highest BCUT2D eigenvalue weighted by Gasteiger charge is 2.02. The molecule has 2 aromatic rings. The van der Waals surface area contributed by atoms with Crippen molar-refractivity contribution in [2.45, 2.75) is 0 Å². The van der Waals surface area contributed by atoms with Crippen LogP contribution in [0.1, 0.15) is 0 Å². The summed E-state index contributed by atoms with van der Waals surface area (Å²) < 4.78 is 18.0. The number of benzene rings is 1. The number of hydrogen-bond acceptors (Lipinski definition) is 4. The lowest BCUT2D eigenvalue weighted by atomic mass is 10.3. The van der Waals surface area contributed by atoms with E-state index < -0.39 is 0 Å². The Hall–Kier alpha value is -2.17. The Morgan fingerprint density at radius 3 is 2.53 bits per heavy atom. The molecular weight excluding hydrogens is 197 g/mol. The number of nitrogen functional groups attached to an aromatic ring is 1. The Morgan fingerprint density at radius 1 is 1.13 bits per heavy atom. The molecule has 0 saturated heterocycles. The minimum atomic E-state index is -0.317. The van der Waals surface area contributed by atoms with Crippen molar-refractivity contribution in [3.8, 4) is 11.5 Å². The third kappa shape index (κ3) is 2.19. The second-order valence-corrected chi connectivity index (χ2v) is 2.84. The minimum Gasteiger partial charge on any atom is -0.453 e. The van der Waals surface area contributed by atoms with Gasteiger partial charge in [0, 0.05) is 6.07 Å². The zero-order valence-electron chi connectivity index (χ0n) is 7.72. The Bertz CT molecular complexity index is 458. The maximum atomic E-state index is 12.6. The van der Waals surface area contributed by atoms with E-state index in [1.807, 2.05) is 0 Å². The van der Waals surface area contributed by atoms with E-state index in [0.29, 0.717) is 11.5 Å². The standard InChI is InChI=1S/C10H8FN3O/c11-7-1-3-8(4-2-7)15-9-5-6-13-14-10(9)12/h1-6H,(H2,12,14). The number of nitrogens with two attached hydrogens (primary N) is 1. The number of nitrogens with zero attached hydrogens (tertiary/aromatic N) is 2. The van der Waals surface area contributed by atoms with Crippen LogP contribution in [0.25, 0.3) is 0 Å². The van der Waals surface area contributed by atoms with Gasteiger partial charge in [-0.2, -0.15) is 5.10 Å². The van der Waals surface area contributed by atoms with Crippen molar-refractivity contribution in [3.05, 3.63) is 42.3 Å². The van der Waals surface area contributed by atoms with Gasteiger partial charge in [-0.1, -0.05) is 0 Å². The zero-order chi connectivity index (χ0) is 10.7. The highest BCUT2D eigenvalue weighted by Crippen LogP contribution is 2.24. The van der Waals surface area contributed by atoms with Crippen molar-refractivity contribution < 1.29 is 9.13 Å². The molecule has 5 heteroatoms. The van der Waals surface area contributed by atoms with E-state index in [1.165, 1.54) is 30.5 Å². The monoisotopic (exact) mass is 205 g/mol. The van der Waals surface area contributed by atoms with Crippen molar-refractivity contribution in [3.63, 3.8) is 0 Å². The first-order valence-corrected chi connectivity index (χ1v) is 4.26. The lowest BCUT2D eigenvalue weighted by Crippen LogP contribution is -1.96. The van der Waals surface area contributed by atoms with Crippen LogP contribution in [0.2, 0.25) is 0 Å².